The lowest BCUT2D eigenvalue weighted by Gasteiger charge is -2.17. The predicted octanol–water partition coefficient (Wildman–Crippen LogP) is 3.16. The second-order valence-electron chi connectivity index (χ2n) is 5.07. The van der Waals surface area contributed by atoms with Gasteiger partial charge in [0.1, 0.15) is 5.75 Å². The van der Waals surface area contributed by atoms with Crippen molar-refractivity contribution in [1.29, 1.82) is 0 Å². The van der Waals surface area contributed by atoms with Gasteiger partial charge in [-0.15, -0.1) is 0 Å². The van der Waals surface area contributed by atoms with E-state index in [9.17, 15) is 8.78 Å². The SMILES string of the molecule is Cc1cc(CNC(C)CCCO)c(OC(F)F)cc1C. The molecule has 0 aliphatic rings. The molecule has 1 atom stereocenters. The number of nitrogens with one attached hydrogen (secondary N) is 1. The summed E-state index contributed by atoms with van der Waals surface area (Å²) in [4.78, 5) is 0. The van der Waals surface area contributed by atoms with Crippen LogP contribution in [0.1, 0.15) is 36.5 Å². The van der Waals surface area contributed by atoms with Crippen LogP contribution < -0.4 is 10.1 Å². The second-order valence-corrected chi connectivity index (χ2v) is 5.07. The lowest BCUT2D eigenvalue weighted by atomic mass is 10.0. The molecule has 0 saturated carbocycles. The molecule has 0 heterocycles. The molecule has 0 amide bonds. The topological polar surface area (TPSA) is 41.5 Å². The molecule has 2 N–H and O–H groups in total. The fourth-order valence-electron chi connectivity index (χ4n) is 1.98. The largest absolute Gasteiger partial charge is 0.434 e. The predicted molar refractivity (Wildman–Crippen MR) is 75.2 cm³/mol. The monoisotopic (exact) mass is 287 g/mol. The first-order valence-electron chi connectivity index (χ1n) is 6.83. The van der Waals surface area contributed by atoms with Crippen molar-refractivity contribution in [3.05, 3.63) is 28.8 Å². The van der Waals surface area contributed by atoms with E-state index in [1.807, 2.05) is 26.8 Å². The lowest BCUT2D eigenvalue weighted by molar-refractivity contribution is -0.0505. The smallest absolute Gasteiger partial charge is 0.387 e. The Labute approximate surface area is 119 Å². The van der Waals surface area contributed by atoms with Gasteiger partial charge in [-0.1, -0.05) is 6.07 Å². The van der Waals surface area contributed by atoms with E-state index in [1.54, 1.807) is 6.07 Å². The summed E-state index contributed by atoms with van der Waals surface area (Å²) in [5.74, 6) is 0.227. The Balaban J connectivity index is 2.74. The first-order valence-corrected chi connectivity index (χ1v) is 6.83. The van der Waals surface area contributed by atoms with Crippen LogP contribution in [0.5, 0.6) is 5.75 Å². The van der Waals surface area contributed by atoms with Crippen molar-refractivity contribution in [2.75, 3.05) is 6.61 Å². The number of hydrogen-bond acceptors (Lipinski definition) is 3. The van der Waals surface area contributed by atoms with Crippen LogP contribution in [-0.2, 0) is 6.54 Å². The average molecular weight is 287 g/mol. The minimum atomic E-state index is -2.82. The van der Waals surface area contributed by atoms with Crippen LogP contribution in [0.4, 0.5) is 8.78 Å². The van der Waals surface area contributed by atoms with Gasteiger partial charge < -0.3 is 15.2 Å². The minimum absolute atomic E-state index is 0.162. The second kappa shape index (κ2) is 8.17. The number of alkyl halides is 2. The molecule has 0 spiro atoms. The normalized spacial score (nSPS) is 12.8. The highest BCUT2D eigenvalue weighted by Gasteiger charge is 2.12. The van der Waals surface area contributed by atoms with Gasteiger partial charge in [0.05, 0.1) is 0 Å². The zero-order valence-corrected chi connectivity index (χ0v) is 12.2. The zero-order chi connectivity index (χ0) is 15.1. The molecular formula is C15H23F2NO2. The number of rotatable bonds is 8. The van der Waals surface area contributed by atoms with Gasteiger partial charge >= 0.3 is 6.61 Å². The molecule has 1 aromatic rings. The van der Waals surface area contributed by atoms with Gasteiger partial charge in [0.25, 0.3) is 0 Å². The third-order valence-corrected chi connectivity index (χ3v) is 3.33. The Morgan fingerprint density at radius 2 is 1.90 bits per heavy atom. The molecule has 3 nitrogen and oxygen atoms in total. The Morgan fingerprint density at radius 1 is 1.25 bits per heavy atom. The first-order chi connectivity index (χ1) is 9.43. The van der Waals surface area contributed by atoms with Gasteiger partial charge in [0.2, 0.25) is 0 Å². The number of aliphatic hydroxyl groups is 1. The maximum absolute atomic E-state index is 12.4. The third kappa shape index (κ3) is 5.43. The standard InChI is InChI=1S/C15H23F2NO2/c1-10-7-13(9-18-12(3)5-4-6-19)14(8-11(10)2)20-15(16)17/h7-8,12,15,18-19H,4-6,9H2,1-3H3. The summed E-state index contributed by atoms with van der Waals surface area (Å²) in [5.41, 5.74) is 2.70. The van der Waals surface area contributed by atoms with E-state index in [2.05, 4.69) is 10.1 Å². The van der Waals surface area contributed by atoms with Crippen LogP contribution >= 0.6 is 0 Å². The van der Waals surface area contributed by atoms with Crippen molar-refractivity contribution in [2.24, 2.45) is 0 Å². The van der Waals surface area contributed by atoms with Crippen LogP contribution in [0.2, 0.25) is 0 Å². The number of ether oxygens (including phenoxy) is 1. The maximum Gasteiger partial charge on any atom is 0.387 e. The summed E-state index contributed by atoms with van der Waals surface area (Å²) in [7, 11) is 0. The van der Waals surface area contributed by atoms with Crippen molar-refractivity contribution in [3.8, 4) is 5.75 Å². The molecule has 1 unspecified atom stereocenters. The van der Waals surface area contributed by atoms with Gasteiger partial charge in [-0.05, 0) is 50.8 Å². The summed E-state index contributed by atoms with van der Waals surface area (Å²) in [6, 6.07) is 3.73. The van der Waals surface area contributed by atoms with Crippen molar-refractivity contribution in [3.63, 3.8) is 0 Å². The highest BCUT2D eigenvalue weighted by Crippen LogP contribution is 2.25. The quantitative estimate of drug-likeness (QED) is 0.771. The van der Waals surface area contributed by atoms with Crippen LogP contribution in [0, 0.1) is 13.8 Å². The van der Waals surface area contributed by atoms with E-state index in [0.717, 1.165) is 29.5 Å². The molecular weight excluding hydrogens is 264 g/mol. The van der Waals surface area contributed by atoms with E-state index < -0.39 is 6.61 Å². The summed E-state index contributed by atoms with van der Waals surface area (Å²) < 4.78 is 29.4. The molecule has 20 heavy (non-hydrogen) atoms. The van der Waals surface area contributed by atoms with E-state index in [0.29, 0.717) is 6.54 Å². The summed E-state index contributed by atoms with van der Waals surface area (Å²) in [5, 5.41) is 12.0. The Bertz CT molecular complexity index is 425. The van der Waals surface area contributed by atoms with Crippen molar-refractivity contribution in [2.45, 2.75) is 52.8 Å². The molecule has 0 saturated heterocycles. The summed E-state index contributed by atoms with van der Waals surface area (Å²) in [6.07, 6.45) is 1.56. The first kappa shape index (κ1) is 16.9. The van der Waals surface area contributed by atoms with Gasteiger partial charge in [0.15, 0.2) is 0 Å². The van der Waals surface area contributed by atoms with E-state index >= 15 is 0 Å². The summed E-state index contributed by atoms with van der Waals surface area (Å²) >= 11 is 0. The van der Waals surface area contributed by atoms with Gasteiger partial charge in [-0.25, -0.2) is 0 Å². The third-order valence-electron chi connectivity index (χ3n) is 3.33. The molecule has 114 valence electrons. The van der Waals surface area contributed by atoms with Crippen LogP contribution in [0.3, 0.4) is 0 Å². The van der Waals surface area contributed by atoms with E-state index in [4.69, 9.17) is 5.11 Å². The molecule has 0 bridgehead atoms. The van der Waals surface area contributed by atoms with Crippen molar-refractivity contribution >= 4 is 0 Å². The van der Waals surface area contributed by atoms with Crippen LogP contribution in [0.15, 0.2) is 12.1 Å². The van der Waals surface area contributed by atoms with Crippen molar-refractivity contribution < 1.29 is 18.6 Å². The lowest BCUT2D eigenvalue weighted by Crippen LogP contribution is -2.26. The van der Waals surface area contributed by atoms with Gasteiger partial charge in [0, 0.05) is 24.8 Å². The number of benzene rings is 1. The number of aryl methyl sites for hydroxylation is 2. The fourth-order valence-corrected chi connectivity index (χ4v) is 1.98. The molecule has 5 heteroatoms. The maximum atomic E-state index is 12.4. The molecule has 0 aliphatic carbocycles. The molecule has 0 aliphatic heterocycles. The minimum Gasteiger partial charge on any atom is -0.434 e. The molecule has 1 aromatic carbocycles. The van der Waals surface area contributed by atoms with Gasteiger partial charge in [-0.3, -0.25) is 0 Å². The highest BCUT2D eigenvalue weighted by atomic mass is 19.3. The number of halogens is 2. The van der Waals surface area contributed by atoms with E-state index in [-0.39, 0.29) is 18.4 Å². The Kier molecular flexibility index (Phi) is 6.88. The molecule has 0 aromatic heterocycles. The molecule has 0 fully saturated rings. The summed E-state index contributed by atoms with van der Waals surface area (Å²) in [6.45, 7) is 3.63. The molecule has 0 radical (unpaired) electrons. The highest BCUT2D eigenvalue weighted by molar-refractivity contribution is 5.41. The van der Waals surface area contributed by atoms with Crippen molar-refractivity contribution in [1.82, 2.24) is 5.32 Å². The number of aliphatic hydroxyl groups excluding tert-OH is 1. The molecule has 1 rings (SSSR count). The number of hydrogen-bond donors (Lipinski definition) is 2. The van der Waals surface area contributed by atoms with Crippen LogP contribution in [0.25, 0.3) is 0 Å². The van der Waals surface area contributed by atoms with E-state index in [1.165, 1.54) is 0 Å². The van der Waals surface area contributed by atoms with Gasteiger partial charge in [-0.2, -0.15) is 8.78 Å². The average Bonchev–Trinajstić information content (AvgIpc) is 2.38. The fraction of sp³-hybridized carbons (Fsp3) is 0.600. The zero-order valence-electron chi connectivity index (χ0n) is 12.2. The Hall–Kier alpha value is -1.20. The Morgan fingerprint density at radius 3 is 2.50 bits per heavy atom. The van der Waals surface area contributed by atoms with Crippen LogP contribution in [-0.4, -0.2) is 24.4 Å².